The van der Waals surface area contributed by atoms with Gasteiger partial charge in [0, 0.05) is 23.1 Å². The summed E-state index contributed by atoms with van der Waals surface area (Å²) >= 11 is 5.77. The Morgan fingerprint density at radius 1 is 1.04 bits per heavy atom. The molecule has 0 atom stereocenters. The number of rotatable bonds is 5. The molecule has 0 amide bonds. The fourth-order valence-corrected chi connectivity index (χ4v) is 2.31. The lowest BCUT2D eigenvalue weighted by Crippen LogP contribution is -2.01. The van der Waals surface area contributed by atoms with Crippen molar-refractivity contribution in [3.63, 3.8) is 0 Å². The number of benzene rings is 2. The van der Waals surface area contributed by atoms with Gasteiger partial charge in [0.25, 0.3) is 0 Å². The Hall–Kier alpha value is -2.99. The minimum atomic E-state index is -0.480. The van der Waals surface area contributed by atoms with E-state index in [0.29, 0.717) is 23.0 Å². The maximum atomic E-state index is 13.2. The molecule has 1 heterocycles. The second-order valence-corrected chi connectivity index (χ2v) is 5.69. The van der Waals surface area contributed by atoms with Crippen molar-refractivity contribution in [3.05, 3.63) is 71.1 Å². The van der Waals surface area contributed by atoms with Gasteiger partial charge in [0.15, 0.2) is 5.78 Å². The predicted molar refractivity (Wildman–Crippen MR) is 96.5 cm³/mol. The van der Waals surface area contributed by atoms with Gasteiger partial charge in [0.2, 0.25) is 5.95 Å². The molecule has 0 unspecified atom stereocenters. The summed E-state index contributed by atoms with van der Waals surface area (Å²) in [5, 5.41) is 6.12. The third-order valence-corrected chi connectivity index (χ3v) is 3.68. The number of carbonyl (C=O) groups excluding carboxylic acids is 1. The Morgan fingerprint density at radius 3 is 2.44 bits per heavy atom. The minimum Gasteiger partial charge on any atom is -0.340 e. The first-order valence-electron chi connectivity index (χ1n) is 7.44. The molecule has 0 fully saturated rings. The van der Waals surface area contributed by atoms with E-state index in [0.717, 1.165) is 5.69 Å². The van der Waals surface area contributed by atoms with E-state index in [1.807, 2.05) is 0 Å². The van der Waals surface area contributed by atoms with Crippen molar-refractivity contribution in [2.45, 2.75) is 6.92 Å². The van der Waals surface area contributed by atoms with Gasteiger partial charge in [-0.2, -0.15) is 4.98 Å². The summed E-state index contributed by atoms with van der Waals surface area (Å²) < 4.78 is 13.2. The van der Waals surface area contributed by atoms with E-state index in [4.69, 9.17) is 11.6 Å². The van der Waals surface area contributed by atoms with E-state index in [1.54, 1.807) is 42.6 Å². The van der Waals surface area contributed by atoms with E-state index in [9.17, 15) is 9.18 Å². The normalized spacial score (nSPS) is 10.4. The number of anilines is 4. The molecule has 0 saturated heterocycles. The Kier molecular flexibility index (Phi) is 4.90. The first-order chi connectivity index (χ1) is 12.0. The number of halogens is 2. The highest BCUT2D eigenvalue weighted by molar-refractivity contribution is 6.31. The first kappa shape index (κ1) is 16.9. The minimum absolute atomic E-state index is 0.00644. The number of nitrogens with one attached hydrogen (secondary N) is 2. The van der Waals surface area contributed by atoms with Gasteiger partial charge in [0.05, 0.1) is 5.02 Å². The van der Waals surface area contributed by atoms with Crippen LogP contribution in [0.25, 0.3) is 0 Å². The van der Waals surface area contributed by atoms with Crippen LogP contribution in [0.5, 0.6) is 0 Å². The number of hydrogen-bond donors (Lipinski definition) is 2. The molecule has 3 aromatic rings. The van der Waals surface area contributed by atoms with Crippen molar-refractivity contribution in [2.24, 2.45) is 0 Å². The van der Waals surface area contributed by atoms with Gasteiger partial charge in [-0.1, -0.05) is 11.6 Å². The monoisotopic (exact) mass is 356 g/mol. The van der Waals surface area contributed by atoms with Crippen molar-refractivity contribution >= 4 is 40.5 Å². The molecule has 2 N–H and O–H groups in total. The lowest BCUT2D eigenvalue weighted by Gasteiger charge is -2.09. The number of carbonyl (C=O) groups is 1. The van der Waals surface area contributed by atoms with E-state index in [1.165, 1.54) is 19.1 Å². The van der Waals surface area contributed by atoms with Gasteiger partial charge >= 0.3 is 0 Å². The number of hydrogen-bond acceptors (Lipinski definition) is 5. The van der Waals surface area contributed by atoms with E-state index in [-0.39, 0.29) is 10.8 Å². The van der Waals surface area contributed by atoms with Crippen LogP contribution in [0, 0.1) is 5.82 Å². The molecular weight excluding hydrogens is 343 g/mol. The Labute approximate surface area is 148 Å². The smallest absolute Gasteiger partial charge is 0.229 e. The molecule has 0 bridgehead atoms. The summed E-state index contributed by atoms with van der Waals surface area (Å²) in [6, 6.07) is 13.0. The molecule has 126 valence electrons. The maximum absolute atomic E-state index is 13.2. The van der Waals surface area contributed by atoms with Gasteiger partial charge < -0.3 is 10.6 Å². The topological polar surface area (TPSA) is 66.9 Å². The number of ketones is 1. The number of nitrogens with zero attached hydrogens (tertiary/aromatic N) is 2. The highest BCUT2D eigenvalue weighted by Gasteiger charge is 2.05. The molecule has 7 heteroatoms. The molecule has 3 rings (SSSR count). The van der Waals surface area contributed by atoms with Crippen LogP contribution < -0.4 is 10.6 Å². The van der Waals surface area contributed by atoms with Crippen LogP contribution >= 0.6 is 11.6 Å². The molecule has 0 aliphatic rings. The fourth-order valence-electron chi connectivity index (χ4n) is 2.13. The Morgan fingerprint density at radius 2 is 1.76 bits per heavy atom. The van der Waals surface area contributed by atoms with Gasteiger partial charge in [-0.25, -0.2) is 9.37 Å². The predicted octanol–water partition coefficient (Wildman–Crippen LogP) is 4.96. The standard InChI is InChI=1S/C18H14ClFN4O/c1-11(25)12-2-4-13(5-3-12)23-18-21-9-8-17(24-18)22-14-6-7-16(20)15(19)10-14/h2-10H,1H3,(H2,21,22,23,24). The highest BCUT2D eigenvalue weighted by Crippen LogP contribution is 2.22. The Bertz CT molecular complexity index is 915. The van der Waals surface area contributed by atoms with Crippen LogP contribution in [-0.4, -0.2) is 15.8 Å². The Balaban J connectivity index is 1.74. The summed E-state index contributed by atoms with van der Waals surface area (Å²) in [5.41, 5.74) is 2.00. The van der Waals surface area contributed by atoms with E-state index >= 15 is 0 Å². The highest BCUT2D eigenvalue weighted by atomic mass is 35.5. The summed E-state index contributed by atoms with van der Waals surface area (Å²) in [6.07, 6.45) is 1.59. The lowest BCUT2D eigenvalue weighted by atomic mass is 10.1. The summed E-state index contributed by atoms with van der Waals surface area (Å²) in [5.74, 6) is 0.438. The zero-order chi connectivity index (χ0) is 17.8. The number of Topliss-reactive ketones (excluding diaryl/α,β-unsaturated/α-hetero) is 1. The second-order valence-electron chi connectivity index (χ2n) is 5.28. The molecular formula is C18H14ClFN4O. The van der Waals surface area contributed by atoms with Crippen molar-refractivity contribution < 1.29 is 9.18 Å². The molecule has 0 aliphatic heterocycles. The zero-order valence-corrected chi connectivity index (χ0v) is 14.0. The number of aromatic nitrogens is 2. The SMILES string of the molecule is CC(=O)c1ccc(Nc2nccc(Nc3ccc(F)c(Cl)c3)n2)cc1. The van der Waals surface area contributed by atoms with Crippen LogP contribution in [0.4, 0.5) is 27.5 Å². The lowest BCUT2D eigenvalue weighted by molar-refractivity contribution is 0.101. The molecule has 0 saturated carbocycles. The van der Waals surface area contributed by atoms with E-state index < -0.39 is 5.82 Å². The largest absolute Gasteiger partial charge is 0.340 e. The molecule has 1 aromatic heterocycles. The van der Waals surface area contributed by atoms with Crippen LogP contribution in [0.1, 0.15) is 17.3 Å². The average Bonchev–Trinajstić information content (AvgIpc) is 2.59. The first-order valence-corrected chi connectivity index (χ1v) is 7.82. The van der Waals surface area contributed by atoms with Gasteiger partial charge in [0.1, 0.15) is 11.6 Å². The molecule has 5 nitrogen and oxygen atoms in total. The average molecular weight is 357 g/mol. The van der Waals surface area contributed by atoms with Gasteiger partial charge in [-0.05, 0) is 55.5 Å². The van der Waals surface area contributed by atoms with Crippen molar-refractivity contribution in [1.29, 1.82) is 0 Å². The third kappa shape index (κ3) is 4.30. The van der Waals surface area contributed by atoms with Gasteiger partial charge in [-0.3, -0.25) is 4.79 Å². The molecule has 25 heavy (non-hydrogen) atoms. The van der Waals surface area contributed by atoms with Crippen LogP contribution in [-0.2, 0) is 0 Å². The molecule has 0 spiro atoms. The van der Waals surface area contributed by atoms with E-state index in [2.05, 4.69) is 20.6 Å². The van der Waals surface area contributed by atoms with Crippen LogP contribution in [0.2, 0.25) is 5.02 Å². The molecule has 0 radical (unpaired) electrons. The van der Waals surface area contributed by atoms with Crippen molar-refractivity contribution in [1.82, 2.24) is 9.97 Å². The molecule has 0 aliphatic carbocycles. The summed E-state index contributed by atoms with van der Waals surface area (Å²) in [4.78, 5) is 19.8. The van der Waals surface area contributed by atoms with Crippen LogP contribution in [0.3, 0.4) is 0 Å². The summed E-state index contributed by atoms with van der Waals surface area (Å²) in [7, 11) is 0. The van der Waals surface area contributed by atoms with Gasteiger partial charge in [-0.15, -0.1) is 0 Å². The summed E-state index contributed by atoms with van der Waals surface area (Å²) in [6.45, 7) is 1.52. The molecule has 2 aromatic carbocycles. The van der Waals surface area contributed by atoms with Crippen molar-refractivity contribution in [3.8, 4) is 0 Å². The van der Waals surface area contributed by atoms with Crippen LogP contribution in [0.15, 0.2) is 54.7 Å². The fraction of sp³-hybridized carbons (Fsp3) is 0.0556. The third-order valence-electron chi connectivity index (χ3n) is 3.40. The zero-order valence-electron chi connectivity index (χ0n) is 13.3. The second kappa shape index (κ2) is 7.27. The maximum Gasteiger partial charge on any atom is 0.229 e. The van der Waals surface area contributed by atoms with Crippen molar-refractivity contribution in [2.75, 3.05) is 10.6 Å². The quantitative estimate of drug-likeness (QED) is 0.632.